The average Bonchev–Trinajstić information content (AvgIpc) is 2.38. The van der Waals surface area contributed by atoms with Crippen LogP contribution in [0.15, 0.2) is 12.1 Å². The molecule has 6 heteroatoms. The van der Waals surface area contributed by atoms with E-state index in [2.05, 4.69) is 0 Å². The molecule has 110 valence electrons. The molecule has 0 radical (unpaired) electrons. The molecule has 0 unspecified atom stereocenters. The van der Waals surface area contributed by atoms with Crippen LogP contribution in [0.2, 0.25) is 0 Å². The lowest BCUT2D eigenvalue weighted by Crippen LogP contribution is -2.34. The molecule has 0 spiro atoms. The van der Waals surface area contributed by atoms with E-state index >= 15 is 0 Å². The smallest absolute Gasteiger partial charge is 0.236 e. The van der Waals surface area contributed by atoms with Gasteiger partial charge in [-0.05, 0) is 19.2 Å². The lowest BCUT2D eigenvalue weighted by molar-refractivity contribution is -0.129. The number of nitrogen functional groups attached to an aromatic ring is 1. The van der Waals surface area contributed by atoms with Crippen LogP contribution in [0.4, 0.5) is 5.69 Å². The van der Waals surface area contributed by atoms with Crippen LogP contribution in [0, 0.1) is 0 Å². The summed E-state index contributed by atoms with van der Waals surface area (Å²) in [5.41, 5.74) is 8.52. The molecule has 0 saturated carbocycles. The van der Waals surface area contributed by atoms with Gasteiger partial charge in [-0.3, -0.25) is 9.69 Å². The van der Waals surface area contributed by atoms with Crippen LogP contribution in [0.5, 0.6) is 5.75 Å². The zero-order chi connectivity index (χ0) is 14.7. The van der Waals surface area contributed by atoms with Gasteiger partial charge in [0, 0.05) is 37.5 Å². The summed E-state index contributed by atoms with van der Waals surface area (Å²) in [5, 5.41) is 0. The first-order chi connectivity index (χ1) is 9.47. The van der Waals surface area contributed by atoms with Gasteiger partial charge in [0.2, 0.25) is 5.91 Å². The van der Waals surface area contributed by atoms with Gasteiger partial charge in [0.05, 0.1) is 13.2 Å². The molecule has 1 aromatic rings. The molecular formula is C14H21N3O3. The quantitative estimate of drug-likeness (QED) is 0.820. The normalized spacial score (nSPS) is 13.8. The van der Waals surface area contributed by atoms with Crippen LogP contribution in [0.3, 0.4) is 0 Å². The van der Waals surface area contributed by atoms with Crippen molar-refractivity contribution in [2.24, 2.45) is 0 Å². The molecule has 0 bridgehead atoms. The Labute approximate surface area is 119 Å². The second-order valence-corrected chi connectivity index (χ2v) is 5.24. The maximum Gasteiger partial charge on any atom is 0.236 e. The molecule has 1 amide bonds. The van der Waals surface area contributed by atoms with Crippen LogP contribution in [-0.4, -0.2) is 50.2 Å². The van der Waals surface area contributed by atoms with Gasteiger partial charge in [-0.1, -0.05) is 0 Å². The minimum atomic E-state index is 0.0644. The predicted octanol–water partition coefficient (Wildman–Crippen LogP) is 0.655. The molecule has 1 aliphatic heterocycles. The highest BCUT2D eigenvalue weighted by Gasteiger charge is 2.18. The Morgan fingerprint density at radius 1 is 1.35 bits per heavy atom. The maximum absolute atomic E-state index is 11.7. The van der Waals surface area contributed by atoms with Crippen molar-refractivity contribution in [1.82, 2.24) is 9.80 Å². The minimum Gasteiger partial charge on any atom is -0.467 e. The van der Waals surface area contributed by atoms with E-state index in [9.17, 15) is 4.79 Å². The molecule has 1 aromatic carbocycles. The zero-order valence-electron chi connectivity index (χ0n) is 12.2. The number of carbonyl (C=O) groups is 1. The molecule has 2 rings (SSSR count). The van der Waals surface area contributed by atoms with E-state index in [1.54, 1.807) is 19.0 Å². The van der Waals surface area contributed by atoms with E-state index in [4.69, 9.17) is 15.2 Å². The van der Waals surface area contributed by atoms with Crippen molar-refractivity contribution in [1.29, 1.82) is 0 Å². The third kappa shape index (κ3) is 3.40. The Morgan fingerprint density at radius 3 is 2.80 bits per heavy atom. The fourth-order valence-corrected chi connectivity index (χ4v) is 2.16. The molecular weight excluding hydrogens is 258 g/mol. The van der Waals surface area contributed by atoms with E-state index in [0.29, 0.717) is 25.4 Å². The van der Waals surface area contributed by atoms with E-state index in [1.807, 2.05) is 24.1 Å². The van der Waals surface area contributed by atoms with Crippen molar-refractivity contribution < 1.29 is 14.3 Å². The fraction of sp³-hybridized carbons (Fsp3) is 0.500. The summed E-state index contributed by atoms with van der Waals surface area (Å²) in [5.74, 6) is 0.893. The monoisotopic (exact) mass is 279 g/mol. The number of carbonyl (C=O) groups excluding carboxylic acids is 1. The highest BCUT2D eigenvalue weighted by atomic mass is 16.7. The van der Waals surface area contributed by atoms with E-state index in [0.717, 1.165) is 16.9 Å². The summed E-state index contributed by atoms with van der Waals surface area (Å²) in [7, 11) is 5.40. The van der Waals surface area contributed by atoms with Gasteiger partial charge in [0.25, 0.3) is 0 Å². The van der Waals surface area contributed by atoms with Crippen molar-refractivity contribution in [2.45, 2.75) is 13.2 Å². The van der Waals surface area contributed by atoms with Crippen molar-refractivity contribution >= 4 is 11.6 Å². The van der Waals surface area contributed by atoms with Gasteiger partial charge in [-0.2, -0.15) is 0 Å². The van der Waals surface area contributed by atoms with Crippen LogP contribution in [0.25, 0.3) is 0 Å². The van der Waals surface area contributed by atoms with Gasteiger partial charge >= 0.3 is 0 Å². The van der Waals surface area contributed by atoms with E-state index in [1.165, 1.54) is 0 Å². The summed E-state index contributed by atoms with van der Waals surface area (Å²) in [4.78, 5) is 15.2. The highest BCUT2D eigenvalue weighted by molar-refractivity contribution is 5.77. The largest absolute Gasteiger partial charge is 0.467 e. The second kappa shape index (κ2) is 6.11. The van der Waals surface area contributed by atoms with Crippen molar-refractivity contribution in [2.75, 3.05) is 40.2 Å². The average molecular weight is 279 g/mol. The Bertz CT molecular complexity index is 503. The van der Waals surface area contributed by atoms with Crippen LogP contribution in [-0.2, 0) is 22.7 Å². The third-order valence-corrected chi connectivity index (χ3v) is 3.15. The molecule has 0 aromatic heterocycles. The molecule has 6 nitrogen and oxygen atoms in total. The molecule has 0 atom stereocenters. The first-order valence-corrected chi connectivity index (χ1v) is 6.48. The van der Waals surface area contributed by atoms with E-state index < -0.39 is 0 Å². The topological polar surface area (TPSA) is 68.0 Å². The van der Waals surface area contributed by atoms with Gasteiger partial charge in [-0.25, -0.2) is 0 Å². The molecule has 0 aliphatic carbocycles. The summed E-state index contributed by atoms with van der Waals surface area (Å²) < 4.78 is 10.8. The Morgan fingerprint density at radius 2 is 2.10 bits per heavy atom. The standard InChI is InChI=1S/C14H21N3O3/c1-16(2)13(18)7-17(3)6-10-4-12(15)5-11-8-19-9-20-14(10)11/h4-5H,6-9,15H2,1-3H3. The van der Waals surface area contributed by atoms with Gasteiger partial charge in [-0.15, -0.1) is 0 Å². The van der Waals surface area contributed by atoms with Crippen molar-refractivity contribution in [3.63, 3.8) is 0 Å². The SMILES string of the molecule is CN(CC(=O)N(C)C)Cc1cc(N)cc2c1OCOC2. The molecule has 1 aliphatic rings. The summed E-state index contributed by atoms with van der Waals surface area (Å²) >= 11 is 0. The number of amides is 1. The second-order valence-electron chi connectivity index (χ2n) is 5.24. The molecule has 0 saturated heterocycles. The van der Waals surface area contributed by atoms with Crippen LogP contribution >= 0.6 is 0 Å². The first-order valence-electron chi connectivity index (χ1n) is 6.48. The number of ether oxygens (including phenoxy) is 2. The van der Waals surface area contributed by atoms with Crippen molar-refractivity contribution in [3.05, 3.63) is 23.3 Å². The summed E-state index contributed by atoms with van der Waals surface area (Å²) in [6, 6.07) is 3.75. The number of hydrogen-bond acceptors (Lipinski definition) is 5. The lowest BCUT2D eigenvalue weighted by atomic mass is 10.1. The van der Waals surface area contributed by atoms with Crippen molar-refractivity contribution in [3.8, 4) is 5.75 Å². The summed E-state index contributed by atoms with van der Waals surface area (Å²) in [6.07, 6.45) is 0. The number of rotatable bonds is 4. The highest BCUT2D eigenvalue weighted by Crippen LogP contribution is 2.31. The molecule has 2 N–H and O–H groups in total. The van der Waals surface area contributed by atoms with Gasteiger partial charge < -0.3 is 20.1 Å². The van der Waals surface area contributed by atoms with Gasteiger partial charge in [0.1, 0.15) is 5.75 Å². The zero-order valence-corrected chi connectivity index (χ0v) is 12.2. The fourth-order valence-electron chi connectivity index (χ4n) is 2.16. The summed E-state index contributed by atoms with van der Waals surface area (Å²) in [6.45, 7) is 1.72. The Hall–Kier alpha value is -1.79. The molecule has 1 heterocycles. The number of nitrogens with zero attached hydrogens (tertiary/aromatic N) is 2. The van der Waals surface area contributed by atoms with Crippen LogP contribution in [0.1, 0.15) is 11.1 Å². The third-order valence-electron chi connectivity index (χ3n) is 3.15. The Balaban J connectivity index is 2.12. The molecule has 0 fully saturated rings. The maximum atomic E-state index is 11.7. The number of fused-ring (bicyclic) bond motifs is 1. The number of hydrogen-bond donors (Lipinski definition) is 1. The van der Waals surface area contributed by atoms with E-state index in [-0.39, 0.29) is 12.7 Å². The Kier molecular flexibility index (Phi) is 4.46. The number of nitrogens with two attached hydrogens (primary N) is 1. The lowest BCUT2D eigenvalue weighted by Gasteiger charge is -2.24. The molecule has 20 heavy (non-hydrogen) atoms. The van der Waals surface area contributed by atoms with Crippen LogP contribution < -0.4 is 10.5 Å². The first kappa shape index (κ1) is 14.6. The number of anilines is 1. The van der Waals surface area contributed by atoms with Gasteiger partial charge in [0.15, 0.2) is 6.79 Å². The minimum absolute atomic E-state index is 0.0644. The predicted molar refractivity (Wildman–Crippen MR) is 76.2 cm³/mol. The number of benzene rings is 1. The number of likely N-dealkylation sites (N-methyl/N-ethyl adjacent to an activating group) is 2.